The van der Waals surface area contributed by atoms with Gasteiger partial charge in [-0.25, -0.2) is 0 Å². The van der Waals surface area contributed by atoms with Crippen molar-refractivity contribution in [2.45, 2.75) is 51.7 Å². The highest BCUT2D eigenvalue weighted by Crippen LogP contribution is 2.17. The second-order valence-electron chi connectivity index (χ2n) is 4.45. The quantitative estimate of drug-likeness (QED) is 0.641. The van der Waals surface area contributed by atoms with E-state index in [4.69, 9.17) is 4.74 Å². The van der Waals surface area contributed by atoms with Crippen molar-refractivity contribution < 1.29 is 9.53 Å². The zero-order valence-corrected chi connectivity index (χ0v) is 10.4. The van der Waals surface area contributed by atoms with Crippen molar-refractivity contribution in [1.29, 1.82) is 0 Å². The van der Waals surface area contributed by atoms with E-state index in [1.54, 1.807) is 0 Å². The van der Waals surface area contributed by atoms with E-state index >= 15 is 0 Å². The van der Waals surface area contributed by atoms with Crippen LogP contribution in [-0.4, -0.2) is 37.7 Å². The normalized spacial score (nSPS) is 24.6. The molecule has 4 nitrogen and oxygen atoms in total. The Morgan fingerprint density at radius 1 is 1.38 bits per heavy atom. The average Bonchev–Trinajstić information content (AvgIpc) is 2.67. The van der Waals surface area contributed by atoms with Crippen molar-refractivity contribution in [2.75, 3.05) is 19.6 Å². The van der Waals surface area contributed by atoms with Gasteiger partial charge in [0.15, 0.2) is 0 Å². The predicted molar refractivity (Wildman–Crippen MR) is 64.4 cm³/mol. The third kappa shape index (κ3) is 5.47. The Morgan fingerprint density at radius 3 is 2.81 bits per heavy atom. The summed E-state index contributed by atoms with van der Waals surface area (Å²) in [6, 6.07) is 0. The highest BCUT2D eigenvalue weighted by Gasteiger charge is 2.20. The molecule has 0 aromatic heterocycles. The van der Waals surface area contributed by atoms with Gasteiger partial charge in [0.05, 0.1) is 12.2 Å². The molecule has 1 heterocycles. The largest absolute Gasteiger partial charge is 0.374 e. The molecule has 0 aromatic rings. The van der Waals surface area contributed by atoms with Crippen LogP contribution in [0.4, 0.5) is 0 Å². The highest BCUT2D eigenvalue weighted by atomic mass is 16.5. The van der Waals surface area contributed by atoms with Crippen LogP contribution in [0.5, 0.6) is 0 Å². The first-order valence-corrected chi connectivity index (χ1v) is 6.35. The summed E-state index contributed by atoms with van der Waals surface area (Å²) in [5, 5.41) is 6.13. The third-order valence-electron chi connectivity index (χ3n) is 2.79. The van der Waals surface area contributed by atoms with Crippen LogP contribution >= 0.6 is 0 Å². The second kappa shape index (κ2) is 7.63. The predicted octanol–water partition coefficient (Wildman–Crippen LogP) is 1.06. The van der Waals surface area contributed by atoms with Gasteiger partial charge >= 0.3 is 0 Å². The van der Waals surface area contributed by atoms with Gasteiger partial charge in [-0.15, -0.1) is 0 Å². The molecule has 1 aliphatic heterocycles. The van der Waals surface area contributed by atoms with Gasteiger partial charge in [-0.05, 0) is 26.2 Å². The third-order valence-corrected chi connectivity index (χ3v) is 2.79. The van der Waals surface area contributed by atoms with Crippen LogP contribution in [0, 0.1) is 0 Å². The summed E-state index contributed by atoms with van der Waals surface area (Å²) in [6.45, 7) is 6.55. The molecule has 0 bridgehead atoms. The maximum absolute atomic E-state index is 11.3. The monoisotopic (exact) mass is 228 g/mol. The number of nitrogens with one attached hydrogen (secondary N) is 2. The molecule has 16 heavy (non-hydrogen) atoms. The maximum atomic E-state index is 11.3. The molecule has 1 amide bonds. The molecule has 1 saturated heterocycles. The molecule has 94 valence electrons. The molecule has 0 spiro atoms. The summed E-state index contributed by atoms with van der Waals surface area (Å²) in [4.78, 5) is 11.3. The number of hydrogen-bond donors (Lipinski definition) is 2. The molecule has 0 aliphatic carbocycles. The SMILES string of the molecule is CCCNC(=O)CCNCC1CCC(C)O1. The Morgan fingerprint density at radius 2 is 2.19 bits per heavy atom. The molecule has 0 saturated carbocycles. The summed E-state index contributed by atoms with van der Waals surface area (Å²) in [6.07, 6.45) is 4.59. The van der Waals surface area contributed by atoms with Gasteiger partial charge in [0.25, 0.3) is 0 Å². The van der Waals surface area contributed by atoms with E-state index in [0.717, 1.165) is 38.9 Å². The van der Waals surface area contributed by atoms with Crippen LogP contribution in [0.1, 0.15) is 39.5 Å². The van der Waals surface area contributed by atoms with Crippen LogP contribution in [0.15, 0.2) is 0 Å². The summed E-state index contributed by atoms with van der Waals surface area (Å²) in [5.41, 5.74) is 0. The minimum Gasteiger partial charge on any atom is -0.374 e. The first-order valence-electron chi connectivity index (χ1n) is 6.35. The van der Waals surface area contributed by atoms with Gasteiger partial charge < -0.3 is 15.4 Å². The molecule has 2 N–H and O–H groups in total. The van der Waals surface area contributed by atoms with Crippen molar-refractivity contribution in [2.24, 2.45) is 0 Å². The van der Waals surface area contributed by atoms with Crippen molar-refractivity contribution >= 4 is 5.91 Å². The molecule has 1 fully saturated rings. The topological polar surface area (TPSA) is 50.4 Å². The van der Waals surface area contributed by atoms with E-state index < -0.39 is 0 Å². The molecular weight excluding hydrogens is 204 g/mol. The number of carbonyl (C=O) groups is 1. The summed E-state index contributed by atoms with van der Waals surface area (Å²) < 4.78 is 5.67. The summed E-state index contributed by atoms with van der Waals surface area (Å²) in [5.74, 6) is 0.134. The molecule has 0 radical (unpaired) electrons. The van der Waals surface area contributed by atoms with E-state index in [9.17, 15) is 4.79 Å². The Kier molecular flexibility index (Phi) is 6.42. The lowest BCUT2D eigenvalue weighted by Gasteiger charge is -2.12. The first-order chi connectivity index (χ1) is 7.72. The number of rotatable bonds is 7. The van der Waals surface area contributed by atoms with Gasteiger partial charge in [-0.3, -0.25) is 4.79 Å². The zero-order chi connectivity index (χ0) is 11.8. The maximum Gasteiger partial charge on any atom is 0.221 e. The zero-order valence-electron chi connectivity index (χ0n) is 10.4. The van der Waals surface area contributed by atoms with E-state index in [2.05, 4.69) is 24.5 Å². The van der Waals surface area contributed by atoms with Crippen molar-refractivity contribution in [3.8, 4) is 0 Å². The fraction of sp³-hybridized carbons (Fsp3) is 0.917. The van der Waals surface area contributed by atoms with Crippen molar-refractivity contribution in [3.63, 3.8) is 0 Å². The number of ether oxygens (including phenoxy) is 1. The van der Waals surface area contributed by atoms with E-state index in [1.807, 2.05) is 0 Å². The Balaban J connectivity index is 1.93. The summed E-state index contributed by atoms with van der Waals surface area (Å²) >= 11 is 0. The van der Waals surface area contributed by atoms with Gasteiger partial charge in [0, 0.05) is 26.1 Å². The van der Waals surface area contributed by atoms with Crippen LogP contribution in [0.2, 0.25) is 0 Å². The van der Waals surface area contributed by atoms with Gasteiger partial charge in [-0.2, -0.15) is 0 Å². The Labute approximate surface area is 98.1 Å². The lowest BCUT2D eigenvalue weighted by Crippen LogP contribution is -2.32. The molecule has 2 atom stereocenters. The second-order valence-corrected chi connectivity index (χ2v) is 4.45. The molecule has 1 aliphatic rings. The van der Waals surface area contributed by atoms with Crippen LogP contribution in [-0.2, 0) is 9.53 Å². The van der Waals surface area contributed by atoms with E-state index in [0.29, 0.717) is 18.6 Å². The van der Waals surface area contributed by atoms with E-state index in [-0.39, 0.29) is 5.91 Å². The first kappa shape index (κ1) is 13.5. The van der Waals surface area contributed by atoms with Crippen molar-refractivity contribution in [3.05, 3.63) is 0 Å². The fourth-order valence-corrected chi connectivity index (χ4v) is 1.85. The molecule has 0 aromatic carbocycles. The van der Waals surface area contributed by atoms with Gasteiger partial charge in [0.2, 0.25) is 5.91 Å². The van der Waals surface area contributed by atoms with Crippen molar-refractivity contribution in [1.82, 2.24) is 10.6 Å². The molecule has 4 heteroatoms. The van der Waals surface area contributed by atoms with Crippen LogP contribution in [0.25, 0.3) is 0 Å². The standard InChI is InChI=1S/C12H24N2O2/c1-3-7-14-12(15)6-8-13-9-11-5-4-10(2)16-11/h10-11,13H,3-9H2,1-2H3,(H,14,15). The minimum absolute atomic E-state index is 0.134. The fourth-order valence-electron chi connectivity index (χ4n) is 1.85. The molecular formula is C12H24N2O2. The Hall–Kier alpha value is -0.610. The highest BCUT2D eigenvalue weighted by molar-refractivity contribution is 5.75. The molecule has 1 rings (SSSR count). The van der Waals surface area contributed by atoms with E-state index in [1.165, 1.54) is 0 Å². The number of carbonyl (C=O) groups excluding carboxylic acids is 1. The summed E-state index contributed by atoms with van der Waals surface area (Å²) in [7, 11) is 0. The average molecular weight is 228 g/mol. The number of amides is 1. The number of hydrogen-bond acceptors (Lipinski definition) is 3. The van der Waals surface area contributed by atoms with Crippen LogP contribution < -0.4 is 10.6 Å². The molecule has 2 unspecified atom stereocenters. The van der Waals surface area contributed by atoms with Gasteiger partial charge in [0.1, 0.15) is 0 Å². The lowest BCUT2D eigenvalue weighted by molar-refractivity contribution is -0.121. The smallest absolute Gasteiger partial charge is 0.221 e. The Bertz CT molecular complexity index is 209. The van der Waals surface area contributed by atoms with Gasteiger partial charge in [-0.1, -0.05) is 6.92 Å². The lowest BCUT2D eigenvalue weighted by atomic mass is 10.2. The van der Waals surface area contributed by atoms with Crippen LogP contribution in [0.3, 0.4) is 0 Å². The minimum atomic E-state index is 0.134.